The molecule has 1 aromatic carbocycles. The molecule has 0 saturated carbocycles. The second-order valence-corrected chi connectivity index (χ2v) is 5.08. The lowest BCUT2D eigenvalue weighted by molar-refractivity contribution is -0.133. The van der Waals surface area contributed by atoms with Crippen molar-refractivity contribution < 1.29 is 18.9 Å². The Bertz CT molecular complexity index is 484. The van der Waals surface area contributed by atoms with Gasteiger partial charge < -0.3 is 10.8 Å². The number of aryl methyl sites for hydroxylation is 1. The van der Waals surface area contributed by atoms with Gasteiger partial charge >= 0.3 is 5.97 Å². The number of primary amides is 1. The van der Waals surface area contributed by atoms with Crippen molar-refractivity contribution in [3.8, 4) is 0 Å². The van der Waals surface area contributed by atoms with Gasteiger partial charge in [-0.15, -0.1) is 0 Å². The van der Waals surface area contributed by atoms with Gasteiger partial charge in [0, 0.05) is 22.1 Å². The molecule has 0 aromatic heterocycles. The minimum atomic E-state index is -1.44. The van der Waals surface area contributed by atoms with E-state index in [1.165, 1.54) is 0 Å². The molecule has 1 aromatic rings. The van der Waals surface area contributed by atoms with E-state index >= 15 is 0 Å². The second-order valence-electron chi connectivity index (χ2n) is 3.63. The first-order valence-electron chi connectivity index (χ1n) is 4.86. The fourth-order valence-corrected chi connectivity index (χ4v) is 2.42. The molecule has 0 fully saturated rings. The van der Waals surface area contributed by atoms with E-state index in [1.807, 2.05) is 0 Å². The summed E-state index contributed by atoms with van der Waals surface area (Å²) >= 11 is 0. The Kier molecular flexibility index (Phi) is 4.39. The first-order valence-corrected chi connectivity index (χ1v) is 6.35. The van der Waals surface area contributed by atoms with Crippen LogP contribution in [0.2, 0.25) is 0 Å². The minimum Gasteiger partial charge on any atom is -0.481 e. The summed E-state index contributed by atoms with van der Waals surface area (Å²) in [5.74, 6) is -1.82. The number of hydrogen-bond acceptors (Lipinski definition) is 3. The van der Waals surface area contributed by atoms with E-state index in [4.69, 9.17) is 10.8 Å². The molecule has 1 unspecified atom stereocenters. The number of carboxylic acids is 1. The molecule has 0 heterocycles. The topological polar surface area (TPSA) is 97.5 Å². The lowest BCUT2D eigenvalue weighted by Gasteiger charge is -2.06. The van der Waals surface area contributed by atoms with Crippen LogP contribution in [0.5, 0.6) is 0 Å². The highest BCUT2D eigenvalue weighted by atomic mass is 32.2. The van der Waals surface area contributed by atoms with E-state index in [0.717, 1.165) is 11.1 Å². The minimum absolute atomic E-state index is 0.164. The fourth-order valence-electron chi connectivity index (χ4n) is 1.37. The standard InChI is InChI=1S/C11H13NO4S/c1-7-4-8(11(12)15)2-3-9(7)5-17(16)6-10(13)14/h2-4H,5-6H2,1H3,(H2,12,15)(H,13,14). The molecule has 0 saturated heterocycles. The largest absolute Gasteiger partial charge is 0.481 e. The molecular formula is C11H13NO4S. The van der Waals surface area contributed by atoms with Crippen LogP contribution in [0, 0.1) is 6.92 Å². The smallest absolute Gasteiger partial charge is 0.316 e. The number of carbonyl (C=O) groups excluding carboxylic acids is 1. The van der Waals surface area contributed by atoms with Crippen LogP contribution in [0.4, 0.5) is 0 Å². The fraction of sp³-hybridized carbons (Fsp3) is 0.273. The molecule has 1 atom stereocenters. The molecule has 1 rings (SSSR count). The predicted octanol–water partition coefficient (Wildman–Crippen LogP) is 0.427. The lowest BCUT2D eigenvalue weighted by atomic mass is 10.1. The van der Waals surface area contributed by atoms with Crippen molar-refractivity contribution in [3.05, 3.63) is 34.9 Å². The Hall–Kier alpha value is -1.69. The van der Waals surface area contributed by atoms with Gasteiger partial charge in [-0.2, -0.15) is 0 Å². The molecule has 0 spiro atoms. The van der Waals surface area contributed by atoms with Crippen LogP contribution in [0.25, 0.3) is 0 Å². The van der Waals surface area contributed by atoms with Gasteiger partial charge in [0.05, 0.1) is 0 Å². The summed E-state index contributed by atoms with van der Waals surface area (Å²) in [4.78, 5) is 21.3. The van der Waals surface area contributed by atoms with Crippen LogP contribution in [0.15, 0.2) is 18.2 Å². The van der Waals surface area contributed by atoms with Crippen LogP contribution in [0.3, 0.4) is 0 Å². The Morgan fingerprint density at radius 1 is 1.41 bits per heavy atom. The first kappa shape index (κ1) is 13.4. The highest BCUT2D eigenvalue weighted by Gasteiger charge is 2.10. The van der Waals surface area contributed by atoms with Crippen LogP contribution in [0.1, 0.15) is 21.5 Å². The van der Waals surface area contributed by atoms with Crippen LogP contribution >= 0.6 is 0 Å². The monoisotopic (exact) mass is 255 g/mol. The molecule has 0 bridgehead atoms. The van der Waals surface area contributed by atoms with Gasteiger partial charge in [0.15, 0.2) is 0 Å². The van der Waals surface area contributed by atoms with Gasteiger partial charge in [0.1, 0.15) is 5.75 Å². The van der Waals surface area contributed by atoms with E-state index in [0.29, 0.717) is 5.56 Å². The third-order valence-electron chi connectivity index (χ3n) is 2.23. The van der Waals surface area contributed by atoms with Crippen LogP contribution in [-0.4, -0.2) is 26.9 Å². The average Bonchev–Trinajstić information content (AvgIpc) is 2.19. The highest BCUT2D eigenvalue weighted by molar-refractivity contribution is 7.84. The molecule has 0 aliphatic carbocycles. The summed E-state index contributed by atoms with van der Waals surface area (Å²) in [5.41, 5.74) is 7.04. The van der Waals surface area contributed by atoms with Gasteiger partial charge in [-0.1, -0.05) is 6.07 Å². The molecule has 3 N–H and O–H groups in total. The van der Waals surface area contributed by atoms with E-state index in [9.17, 15) is 13.8 Å². The maximum absolute atomic E-state index is 11.4. The Morgan fingerprint density at radius 2 is 2.06 bits per heavy atom. The predicted molar refractivity (Wildman–Crippen MR) is 64.0 cm³/mol. The van der Waals surface area contributed by atoms with E-state index in [-0.39, 0.29) is 11.5 Å². The number of nitrogens with two attached hydrogens (primary N) is 1. The number of benzene rings is 1. The van der Waals surface area contributed by atoms with Crippen LogP contribution in [-0.2, 0) is 21.3 Å². The lowest BCUT2D eigenvalue weighted by Crippen LogP contribution is -2.13. The maximum Gasteiger partial charge on any atom is 0.316 e. The zero-order chi connectivity index (χ0) is 13.0. The zero-order valence-electron chi connectivity index (χ0n) is 9.30. The van der Waals surface area contributed by atoms with Crippen molar-refractivity contribution >= 4 is 22.7 Å². The second kappa shape index (κ2) is 5.58. The Labute approximate surface area is 101 Å². The number of carbonyl (C=O) groups is 2. The third-order valence-corrected chi connectivity index (χ3v) is 3.43. The third kappa shape index (κ3) is 3.99. The molecular weight excluding hydrogens is 242 g/mol. The summed E-state index contributed by atoms with van der Waals surface area (Å²) in [5, 5.41) is 8.49. The van der Waals surface area contributed by atoms with Crippen molar-refractivity contribution in [2.24, 2.45) is 5.73 Å². The van der Waals surface area contributed by atoms with Gasteiger partial charge in [0.25, 0.3) is 0 Å². The van der Waals surface area contributed by atoms with Crippen molar-refractivity contribution in [1.82, 2.24) is 0 Å². The number of amides is 1. The Balaban J connectivity index is 2.83. The summed E-state index contributed by atoms with van der Waals surface area (Å²) in [6.45, 7) is 1.76. The molecule has 6 heteroatoms. The average molecular weight is 255 g/mol. The van der Waals surface area contributed by atoms with Gasteiger partial charge in [-0.25, -0.2) is 0 Å². The maximum atomic E-state index is 11.4. The molecule has 1 amide bonds. The van der Waals surface area contributed by atoms with Gasteiger partial charge in [-0.3, -0.25) is 13.8 Å². The van der Waals surface area contributed by atoms with E-state index in [2.05, 4.69) is 0 Å². The highest BCUT2D eigenvalue weighted by Crippen LogP contribution is 2.13. The zero-order valence-corrected chi connectivity index (χ0v) is 10.1. The van der Waals surface area contributed by atoms with Gasteiger partial charge in [0.2, 0.25) is 5.91 Å². The van der Waals surface area contributed by atoms with Gasteiger partial charge in [-0.05, 0) is 30.2 Å². The van der Waals surface area contributed by atoms with Crippen molar-refractivity contribution in [3.63, 3.8) is 0 Å². The molecule has 17 heavy (non-hydrogen) atoms. The number of carboxylic acid groups (broad SMARTS) is 1. The normalized spacial score (nSPS) is 12.1. The molecule has 5 nitrogen and oxygen atoms in total. The Morgan fingerprint density at radius 3 is 2.53 bits per heavy atom. The molecule has 0 aliphatic heterocycles. The van der Waals surface area contributed by atoms with Crippen molar-refractivity contribution in [1.29, 1.82) is 0 Å². The quantitative estimate of drug-likeness (QED) is 0.797. The summed E-state index contributed by atoms with van der Waals surface area (Å²) in [6, 6.07) is 4.80. The summed E-state index contributed by atoms with van der Waals surface area (Å²) < 4.78 is 11.4. The first-order chi connectivity index (χ1) is 7.90. The van der Waals surface area contributed by atoms with E-state index < -0.39 is 22.7 Å². The molecule has 0 radical (unpaired) electrons. The van der Waals surface area contributed by atoms with Crippen molar-refractivity contribution in [2.75, 3.05) is 5.75 Å². The molecule has 92 valence electrons. The SMILES string of the molecule is Cc1cc(C(N)=O)ccc1CS(=O)CC(=O)O. The number of rotatable bonds is 5. The number of aliphatic carboxylic acids is 1. The van der Waals surface area contributed by atoms with E-state index in [1.54, 1.807) is 25.1 Å². The van der Waals surface area contributed by atoms with Crippen LogP contribution < -0.4 is 5.73 Å². The number of hydrogen-bond donors (Lipinski definition) is 2. The summed E-state index contributed by atoms with van der Waals surface area (Å²) in [6.07, 6.45) is 0. The molecule has 0 aliphatic rings. The van der Waals surface area contributed by atoms with Crippen molar-refractivity contribution in [2.45, 2.75) is 12.7 Å². The summed E-state index contributed by atoms with van der Waals surface area (Å²) in [7, 11) is -1.44.